The molecule has 0 aliphatic carbocycles. The molecule has 2 aromatic heterocycles. The highest BCUT2D eigenvalue weighted by atomic mass is 35.5. The number of hydrogen-bond donors (Lipinski definition) is 0. The molecular formula is C21H15ClN4O3. The van der Waals surface area contributed by atoms with Gasteiger partial charge in [-0.05, 0) is 12.1 Å². The molecule has 0 radical (unpaired) electrons. The number of carbonyl (C=O) groups excluding carboxylic acids is 1. The average molecular weight is 407 g/mol. The molecule has 1 amide bonds. The summed E-state index contributed by atoms with van der Waals surface area (Å²) in [5.41, 5.74) is 1.95. The van der Waals surface area contributed by atoms with Gasteiger partial charge in [-0.3, -0.25) is 4.79 Å². The topological polar surface area (TPSA) is 85.3 Å². The number of benzene rings is 2. The molecule has 4 aromatic rings. The summed E-state index contributed by atoms with van der Waals surface area (Å²) in [5.74, 6) is 1.38. The molecule has 1 fully saturated rings. The van der Waals surface area contributed by atoms with E-state index in [4.69, 9.17) is 20.6 Å². The van der Waals surface area contributed by atoms with Gasteiger partial charge in [-0.15, -0.1) is 0 Å². The molecule has 8 heteroatoms. The molecule has 0 unspecified atom stereocenters. The number of halogens is 1. The van der Waals surface area contributed by atoms with E-state index in [9.17, 15) is 4.79 Å². The van der Waals surface area contributed by atoms with Gasteiger partial charge in [0.25, 0.3) is 5.91 Å². The number of hydrogen-bond acceptors (Lipinski definition) is 6. The Kier molecular flexibility index (Phi) is 4.37. The third-order valence-corrected chi connectivity index (χ3v) is 5.07. The SMILES string of the molecule is O=C(c1cc(-c2ccccc2)on1)N1CC(c2nc(-c3cccc(Cl)c3)no2)C1. The molecule has 7 nitrogen and oxygen atoms in total. The lowest BCUT2D eigenvalue weighted by atomic mass is 9.99. The van der Waals surface area contributed by atoms with E-state index in [0.717, 1.165) is 11.1 Å². The first kappa shape index (κ1) is 17.6. The molecule has 29 heavy (non-hydrogen) atoms. The second kappa shape index (κ2) is 7.18. The van der Waals surface area contributed by atoms with E-state index in [2.05, 4.69) is 15.3 Å². The van der Waals surface area contributed by atoms with E-state index < -0.39 is 0 Å². The lowest BCUT2D eigenvalue weighted by Crippen LogP contribution is -2.48. The minimum absolute atomic E-state index is 0.000112. The Balaban J connectivity index is 1.24. The minimum Gasteiger partial charge on any atom is -0.355 e. The van der Waals surface area contributed by atoms with Crippen LogP contribution in [0.4, 0.5) is 0 Å². The lowest BCUT2D eigenvalue weighted by molar-refractivity contribution is 0.0559. The van der Waals surface area contributed by atoms with E-state index in [1.807, 2.05) is 42.5 Å². The number of likely N-dealkylation sites (tertiary alicyclic amines) is 1. The van der Waals surface area contributed by atoms with Gasteiger partial charge in [-0.2, -0.15) is 4.98 Å². The van der Waals surface area contributed by atoms with Crippen molar-refractivity contribution in [2.45, 2.75) is 5.92 Å². The van der Waals surface area contributed by atoms with Crippen molar-refractivity contribution in [2.75, 3.05) is 13.1 Å². The van der Waals surface area contributed by atoms with Gasteiger partial charge < -0.3 is 13.9 Å². The summed E-state index contributed by atoms with van der Waals surface area (Å²) >= 11 is 6.01. The highest BCUT2D eigenvalue weighted by molar-refractivity contribution is 6.30. The van der Waals surface area contributed by atoms with Gasteiger partial charge in [-0.25, -0.2) is 0 Å². The number of rotatable bonds is 4. The fraction of sp³-hybridized carbons (Fsp3) is 0.143. The number of nitrogens with zero attached hydrogens (tertiary/aromatic N) is 4. The summed E-state index contributed by atoms with van der Waals surface area (Å²) in [7, 11) is 0. The fourth-order valence-corrected chi connectivity index (χ4v) is 3.41. The molecule has 0 saturated carbocycles. The van der Waals surface area contributed by atoms with Gasteiger partial charge >= 0.3 is 0 Å². The van der Waals surface area contributed by atoms with Crippen LogP contribution in [-0.4, -0.2) is 39.2 Å². The van der Waals surface area contributed by atoms with Crippen molar-refractivity contribution in [2.24, 2.45) is 0 Å². The number of carbonyl (C=O) groups is 1. The van der Waals surface area contributed by atoms with E-state index in [1.165, 1.54) is 0 Å². The summed E-state index contributed by atoms with van der Waals surface area (Å²) in [5, 5.41) is 8.54. The Hall–Kier alpha value is -3.45. The molecule has 0 atom stereocenters. The van der Waals surface area contributed by atoms with Crippen LogP contribution in [0.25, 0.3) is 22.7 Å². The Morgan fingerprint density at radius 1 is 0.966 bits per heavy atom. The monoisotopic (exact) mass is 406 g/mol. The Labute approximate surface area is 170 Å². The molecular weight excluding hydrogens is 392 g/mol. The molecule has 1 saturated heterocycles. The molecule has 0 N–H and O–H groups in total. The largest absolute Gasteiger partial charge is 0.355 e. The first-order valence-electron chi connectivity index (χ1n) is 9.08. The maximum Gasteiger partial charge on any atom is 0.276 e. The van der Waals surface area contributed by atoms with Crippen LogP contribution in [0.3, 0.4) is 0 Å². The maximum atomic E-state index is 12.6. The van der Waals surface area contributed by atoms with Crippen molar-refractivity contribution in [1.82, 2.24) is 20.2 Å². The van der Waals surface area contributed by atoms with Crippen molar-refractivity contribution in [3.63, 3.8) is 0 Å². The summed E-state index contributed by atoms with van der Waals surface area (Å²) in [4.78, 5) is 18.8. The predicted molar refractivity (Wildman–Crippen MR) is 105 cm³/mol. The average Bonchev–Trinajstić information content (AvgIpc) is 3.38. The molecule has 1 aliphatic heterocycles. The highest BCUT2D eigenvalue weighted by Gasteiger charge is 2.37. The van der Waals surface area contributed by atoms with Crippen molar-refractivity contribution >= 4 is 17.5 Å². The molecule has 5 rings (SSSR count). The van der Waals surface area contributed by atoms with Crippen LogP contribution in [0.2, 0.25) is 5.02 Å². The van der Waals surface area contributed by atoms with Crippen LogP contribution in [0.1, 0.15) is 22.3 Å². The molecule has 3 heterocycles. The first-order valence-corrected chi connectivity index (χ1v) is 9.46. The van der Waals surface area contributed by atoms with Crippen molar-refractivity contribution in [3.05, 3.63) is 77.3 Å². The standard InChI is InChI=1S/C21H15ClN4O3/c22-16-8-4-7-14(9-16)19-23-20(29-25-19)15-11-26(12-15)21(27)17-10-18(28-24-17)13-5-2-1-3-6-13/h1-10,15H,11-12H2. The van der Waals surface area contributed by atoms with Crippen molar-refractivity contribution in [1.29, 1.82) is 0 Å². The summed E-state index contributed by atoms with van der Waals surface area (Å²) in [6, 6.07) is 18.5. The Morgan fingerprint density at radius 3 is 2.55 bits per heavy atom. The zero-order chi connectivity index (χ0) is 19.8. The summed E-state index contributed by atoms with van der Waals surface area (Å²) in [6.45, 7) is 0.979. The van der Waals surface area contributed by atoms with Gasteiger partial charge in [-0.1, -0.05) is 64.4 Å². The zero-order valence-electron chi connectivity index (χ0n) is 15.2. The number of aromatic nitrogens is 3. The van der Waals surface area contributed by atoms with Crippen LogP contribution in [0.15, 0.2) is 69.7 Å². The van der Waals surface area contributed by atoms with Crippen LogP contribution in [0.5, 0.6) is 0 Å². The van der Waals surface area contributed by atoms with Crippen LogP contribution in [-0.2, 0) is 0 Å². The molecule has 144 valence electrons. The molecule has 1 aliphatic rings. The lowest BCUT2D eigenvalue weighted by Gasteiger charge is -2.36. The van der Waals surface area contributed by atoms with Gasteiger partial charge in [0.1, 0.15) is 0 Å². The second-order valence-corrected chi connectivity index (χ2v) is 7.25. The van der Waals surface area contributed by atoms with Crippen LogP contribution in [0, 0.1) is 0 Å². The normalized spacial score (nSPS) is 14.0. The molecule has 0 spiro atoms. The van der Waals surface area contributed by atoms with Gasteiger partial charge in [0.2, 0.25) is 11.7 Å². The quantitative estimate of drug-likeness (QED) is 0.502. The van der Waals surface area contributed by atoms with E-state index >= 15 is 0 Å². The van der Waals surface area contributed by atoms with Crippen LogP contribution >= 0.6 is 11.6 Å². The number of amides is 1. The first-order chi connectivity index (χ1) is 14.2. The zero-order valence-corrected chi connectivity index (χ0v) is 15.9. The molecule has 2 aromatic carbocycles. The fourth-order valence-electron chi connectivity index (χ4n) is 3.22. The Morgan fingerprint density at radius 2 is 1.76 bits per heavy atom. The second-order valence-electron chi connectivity index (χ2n) is 6.82. The van der Waals surface area contributed by atoms with E-state index in [-0.39, 0.29) is 17.5 Å². The Bertz CT molecular complexity index is 1170. The third kappa shape index (κ3) is 3.40. The third-order valence-electron chi connectivity index (χ3n) is 4.83. The van der Waals surface area contributed by atoms with E-state index in [1.54, 1.807) is 23.1 Å². The van der Waals surface area contributed by atoms with Crippen molar-refractivity contribution in [3.8, 4) is 22.7 Å². The highest BCUT2D eigenvalue weighted by Crippen LogP contribution is 2.30. The minimum atomic E-state index is -0.179. The van der Waals surface area contributed by atoms with Gasteiger partial charge in [0.05, 0.1) is 5.92 Å². The summed E-state index contributed by atoms with van der Waals surface area (Å²) < 4.78 is 10.7. The van der Waals surface area contributed by atoms with Crippen molar-refractivity contribution < 1.29 is 13.8 Å². The maximum absolute atomic E-state index is 12.6. The van der Waals surface area contributed by atoms with Gasteiger partial charge in [0.15, 0.2) is 11.5 Å². The van der Waals surface area contributed by atoms with Crippen LogP contribution < -0.4 is 0 Å². The smallest absolute Gasteiger partial charge is 0.276 e. The summed E-state index contributed by atoms with van der Waals surface area (Å²) in [6.07, 6.45) is 0. The molecule has 0 bridgehead atoms. The van der Waals surface area contributed by atoms with Gasteiger partial charge in [0, 0.05) is 35.3 Å². The predicted octanol–water partition coefficient (Wildman–Crippen LogP) is 4.28. The van der Waals surface area contributed by atoms with E-state index in [0.29, 0.717) is 35.6 Å².